The minimum absolute atomic E-state index is 0.0215. The van der Waals surface area contributed by atoms with Crippen LogP contribution in [0.3, 0.4) is 0 Å². The summed E-state index contributed by atoms with van der Waals surface area (Å²) >= 11 is 0. The molecule has 0 unspecified atom stereocenters. The van der Waals surface area contributed by atoms with Crippen LogP contribution in [0, 0.1) is 5.41 Å². The van der Waals surface area contributed by atoms with Crippen LogP contribution in [0.15, 0.2) is 60.7 Å². The number of halogens is 3. The average molecular weight is 475 g/mol. The fourth-order valence-electron chi connectivity index (χ4n) is 3.41. The van der Waals surface area contributed by atoms with E-state index in [1.165, 1.54) is 0 Å². The van der Waals surface area contributed by atoms with Gasteiger partial charge in [0.05, 0.1) is 6.61 Å². The highest BCUT2D eigenvalue weighted by atomic mass is 32.2. The summed E-state index contributed by atoms with van der Waals surface area (Å²) in [6.45, 7) is 8.86. The van der Waals surface area contributed by atoms with E-state index in [9.17, 15) is 21.6 Å². The van der Waals surface area contributed by atoms with E-state index in [-0.39, 0.29) is 11.6 Å². The predicted molar refractivity (Wildman–Crippen MR) is 118 cm³/mol. The van der Waals surface area contributed by atoms with Crippen LogP contribution in [0.25, 0.3) is 0 Å². The Kier molecular flexibility index (Phi) is 7.47. The van der Waals surface area contributed by atoms with E-state index < -0.39 is 36.0 Å². The van der Waals surface area contributed by atoms with Crippen molar-refractivity contribution in [2.45, 2.75) is 45.2 Å². The Balaban J connectivity index is 2.41. The van der Waals surface area contributed by atoms with Gasteiger partial charge >= 0.3 is 15.6 Å². The molecule has 0 saturated heterocycles. The summed E-state index contributed by atoms with van der Waals surface area (Å²) in [5.74, 6) is 0. The van der Waals surface area contributed by atoms with Crippen LogP contribution in [0.4, 0.5) is 13.2 Å². The first-order valence-electron chi connectivity index (χ1n) is 9.83. The lowest BCUT2D eigenvalue weighted by Crippen LogP contribution is -2.67. The fraction of sp³-hybridized carbons (Fsp3) is 0.455. The molecule has 0 aromatic heterocycles. The Labute approximate surface area is 183 Å². The maximum Gasteiger partial charge on any atom is 0.523 e. The van der Waals surface area contributed by atoms with Gasteiger partial charge in [-0.25, -0.2) is 0 Å². The molecule has 0 bridgehead atoms. The van der Waals surface area contributed by atoms with Crippen molar-refractivity contribution in [2.75, 3.05) is 13.2 Å². The lowest BCUT2D eigenvalue weighted by molar-refractivity contribution is -0.0569. The molecule has 0 aliphatic rings. The van der Waals surface area contributed by atoms with Gasteiger partial charge in [-0.1, -0.05) is 95.3 Å². The van der Waals surface area contributed by atoms with Gasteiger partial charge in [0.25, 0.3) is 8.32 Å². The highest BCUT2D eigenvalue weighted by Crippen LogP contribution is 2.38. The summed E-state index contributed by atoms with van der Waals surface area (Å²) in [6.07, 6.45) is 0. The number of hydrogen-bond acceptors (Lipinski definition) is 4. The molecule has 0 fully saturated rings. The molecule has 0 N–H and O–H groups in total. The molecule has 2 aromatic rings. The Morgan fingerprint density at radius 3 is 1.55 bits per heavy atom. The van der Waals surface area contributed by atoms with Crippen molar-refractivity contribution in [2.24, 2.45) is 5.41 Å². The van der Waals surface area contributed by atoms with E-state index in [4.69, 9.17) is 4.43 Å². The highest BCUT2D eigenvalue weighted by molar-refractivity contribution is 7.87. The molecule has 0 heterocycles. The molecule has 0 amide bonds. The molecule has 2 aromatic carbocycles. The minimum atomic E-state index is -5.66. The third kappa shape index (κ3) is 5.77. The average Bonchev–Trinajstić information content (AvgIpc) is 2.67. The van der Waals surface area contributed by atoms with Crippen molar-refractivity contribution in [3.8, 4) is 0 Å². The van der Waals surface area contributed by atoms with Crippen molar-refractivity contribution >= 4 is 28.8 Å². The van der Waals surface area contributed by atoms with Crippen LogP contribution in [-0.4, -0.2) is 35.5 Å². The summed E-state index contributed by atoms with van der Waals surface area (Å²) in [5.41, 5.74) is -6.44. The molecule has 0 aliphatic heterocycles. The standard InChI is InChI=1S/C22H29F3O4SSi/c1-20(2,3)31(18-12-8-6-9-13-18,19-14-10-7-11-15-19)29-17-21(4,5)16-28-30(26,27)22(23,24)25/h6-15H,16-17H2,1-5H3. The van der Waals surface area contributed by atoms with Crippen LogP contribution in [-0.2, 0) is 18.7 Å². The van der Waals surface area contributed by atoms with Crippen molar-refractivity contribution < 1.29 is 30.2 Å². The zero-order chi connectivity index (χ0) is 23.6. The Morgan fingerprint density at radius 1 is 0.774 bits per heavy atom. The van der Waals surface area contributed by atoms with Crippen molar-refractivity contribution in [1.29, 1.82) is 0 Å². The first-order valence-corrected chi connectivity index (χ1v) is 13.1. The normalized spacial score (nSPS) is 13.9. The fourth-order valence-corrected chi connectivity index (χ4v) is 8.78. The first-order chi connectivity index (χ1) is 14.1. The van der Waals surface area contributed by atoms with E-state index in [2.05, 4.69) is 25.0 Å². The Morgan fingerprint density at radius 2 is 1.19 bits per heavy atom. The first kappa shape index (κ1) is 25.6. The molecule has 0 saturated carbocycles. The molecule has 4 nitrogen and oxygen atoms in total. The minimum Gasteiger partial charge on any atom is -0.407 e. The molecular formula is C22H29F3O4SSi. The monoisotopic (exact) mass is 474 g/mol. The molecule has 0 spiro atoms. The molecular weight excluding hydrogens is 445 g/mol. The zero-order valence-electron chi connectivity index (χ0n) is 18.4. The molecule has 0 aliphatic carbocycles. The number of alkyl halides is 3. The van der Waals surface area contributed by atoms with Gasteiger partial charge in [-0.2, -0.15) is 21.6 Å². The van der Waals surface area contributed by atoms with Crippen molar-refractivity contribution in [1.82, 2.24) is 0 Å². The summed E-state index contributed by atoms with van der Waals surface area (Å²) < 4.78 is 71.5. The molecule has 2 rings (SSSR count). The van der Waals surface area contributed by atoms with Crippen molar-refractivity contribution in [3.63, 3.8) is 0 Å². The largest absolute Gasteiger partial charge is 0.523 e. The summed E-state index contributed by atoms with van der Waals surface area (Å²) in [5, 5.41) is 1.73. The Hall–Kier alpha value is -1.68. The predicted octanol–water partition coefficient (Wildman–Crippen LogP) is 4.46. The van der Waals surface area contributed by atoms with E-state index in [0.29, 0.717) is 0 Å². The lowest BCUT2D eigenvalue weighted by Gasteiger charge is -2.44. The van der Waals surface area contributed by atoms with Gasteiger partial charge < -0.3 is 4.43 Å². The molecule has 9 heteroatoms. The quantitative estimate of drug-likeness (QED) is 0.322. The van der Waals surface area contributed by atoms with Crippen LogP contribution >= 0.6 is 0 Å². The topological polar surface area (TPSA) is 52.6 Å². The number of benzene rings is 2. The Bertz CT molecular complexity index is 914. The van der Waals surface area contributed by atoms with E-state index in [1.807, 2.05) is 60.7 Å². The molecule has 0 atom stereocenters. The van der Waals surface area contributed by atoms with Gasteiger partial charge in [0, 0.05) is 12.0 Å². The van der Waals surface area contributed by atoms with Crippen molar-refractivity contribution in [3.05, 3.63) is 60.7 Å². The van der Waals surface area contributed by atoms with Crippen LogP contribution in [0.1, 0.15) is 34.6 Å². The highest BCUT2D eigenvalue weighted by Gasteiger charge is 2.51. The third-order valence-corrected chi connectivity index (χ3v) is 11.0. The SMILES string of the molecule is CC(C)(CO[Si](c1ccccc1)(c1ccccc1)C(C)(C)C)COS(=O)(=O)C(F)(F)F. The second-order valence-electron chi connectivity index (χ2n) is 9.28. The summed E-state index contributed by atoms with van der Waals surface area (Å²) in [4.78, 5) is 0. The van der Waals surface area contributed by atoms with Crippen LogP contribution in [0.2, 0.25) is 5.04 Å². The van der Waals surface area contributed by atoms with E-state index >= 15 is 0 Å². The van der Waals surface area contributed by atoms with Crippen LogP contribution in [0.5, 0.6) is 0 Å². The van der Waals surface area contributed by atoms with Gasteiger partial charge in [-0.05, 0) is 15.4 Å². The van der Waals surface area contributed by atoms with E-state index in [0.717, 1.165) is 10.4 Å². The van der Waals surface area contributed by atoms with Gasteiger partial charge in [0.2, 0.25) is 0 Å². The maximum atomic E-state index is 12.6. The van der Waals surface area contributed by atoms with Gasteiger partial charge in [0.1, 0.15) is 0 Å². The summed E-state index contributed by atoms with van der Waals surface area (Å²) in [7, 11) is -8.56. The molecule has 0 radical (unpaired) electrons. The number of rotatable bonds is 8. The van der Waals surface area contributed by atoms with Gasteiger partial charge in [-0.15, -0.1) is 0 Å². The zero-order valence-corrected chi connectivity index (χ0v) is 20.2. The molecule has 31 heavy (non-hydrogen) atoms. The summed E-state index contributed by atoms with van der Waals surface area (Å²) in [6, 6.07) is 19.6. The van der Waals surface area contributed by atoms with E-state index in [1.54, 1.807) is 13.8 Å². The third-order valence-electron chi connectivity index (χ3n) is 4.98. The number of hydrogen-bond donors (Lipinski definition) is 0. The second kappa shape index (κ2) is 9.05. The van der Waals surface area contributed by atoms with Crippen LogP contribution < -0.4 is 10.4 Å². The van der Waals surface area contributed by atoms with Gasteiger partial charge in [0.15, 0.2) is 0 Å². The second-order valence-corrected chi connectivity index (χ2v) is 15.2. The van der Waals surface area contributed by atoms with Gasteiger partial charge in [-0.3, -0.25) is 4.18 Å². The lowest BCUT2D eigenvalue weighted by atomic mass is 9.97. The maximum absolute atomic E-state index is 12.6. The smallest absolute Gasteiger partial charge is 0.407 e. The molecule has 172 valence electrons.